The van der Waals surface area contributed by atoms with Gasteiger partial charge in [-0.25, -0.2) is 5.01 Å². The number of nitrogens with two attached hydrogens (primary N) is 1. The molecule has 0 aromatic heterocycles. The number of rotatable bonds is 0. The number of fused-ring (bicyclic) bond motifs is 1. The van der Waals surface area contributed by atoms with E-state index in [-0.39, 0.29) is 0 Å². The zero-order valence-electron chi connectivity index (χ0n) is 7.63. The Balaban J connectivity index is 1.96. The molecular weight excluding hydrogens is 150 g/mol. The molecule has 0 saturated carbocycles. The molecule has 2 aliphatic rings. The number of piperidine rings is 1. The molecule has 3 nitrogen and oxygen atoms in total. The normalized spacial score (nSPS) is 38.8. The summed E-state index contributed by atoms with van der Waals surface area (Å²) in [6.45, 7) is 3.31. The molecule has 70 valence electrons. The van der Waals surface area contributed by atoms with Crippen molar-refractivity contribution in [1.82, 2.24) is 10.3 Å². The minimum atomic E-state index is 0.672. The summed E-state index contributed by atoms with van der Waals surface area (Å²) in [6.07, 6.45) is 5.40. The smallest absolute Gasteiger partial charge is 0.0285 e. The first-order valence-electron chi connectivity index (χ1n) is 5.09. The molecule has 12 heavy (non-hydrogen) atoms. The largest absolute Gasteiger partial charge is 0.312 e. The molecule has 0 bridgehead atoms. The lowest BCUT2D eigenvalue weighted by Crippen LogP contribution is -2.48. The van der Waals surface area contributed by atoms with Gasteiger partial charge in [-0.15, -0.1) is 0 Å². The van der Waals surface area contributed by atoms with E-state index in [1.54, 1.807) is 0 Å². The average molecular weight is 169 g/mol. The van der Waals surface area contributed by atoms with Gasteiger partial charge in [0.25, 0.3) is 0 Å². The van der Waals surface area contributed by atoms with Crippen molar-refractivity contribution in [2.75, 3.05) is 19.6 Å². The number of hydrogen-bond acceptors (Lipinski definition) is 3. The molecule has 2 aliphatic heterocycles. The maximum absolute atomic E-state index is 5.84. The first kappa shape index (κ1) is 8.48. The summed E-state index contributed by atoms with van der Waals surface area (Å²) < 4.78 is 0. The molecule has 3 N–H and O–H groups in total. The van der Waals surface area contributed by atoms with Gasteiger partial charge in [-0.2, -0.15) is 0 Å². The number of hydrazine groups is 1. The van der Waals surface area contributed by atoms with Crippen molar-refractivity contribution in [3.05, 3.63) is 0 Å². The van der Waals surface area contributed by atoms with Gasteiger partial charge in [-0.1, -0.05) is 0 Å². The lowest BCUT2D eigenvalue weighted by Gasteiger charge is -2.32. The second-order valence-corrected chi connectivity index (χ2v) is 4.10. The molecule has 2 rings (SSSR count). The highest BCUT2D eigenvalue weighted by Gasteiger charge is 2.27. The highest BCUT2D eigenvalue weighted by Crippen LogP contribution is 2.24. The molecule has 0 aromatic rings. The topological polar surface area (TPSA) is 41.3 Å². The molecule has 2 fully saturated rings. The van der Waals surface area contributed by atoms with Gasteiger partial charge in [0.2, 0.25) is 0 Å². The van der Waals surface area contributed by atoms with Crippen molar-refractivity contribution in [2.45, 2.75) is 31.7 Å². The summed E-state index contributed by atoms with van der Waals surface area (Å²) in [4.78, 5) is 0. The number of nitrogens with zero attached hydrogens (tertiary/aromatic N) is 1. The lowest BCUT2D eigenvalue weighted by molar-refractivity contribution is 0.219. The maximum Gasteiger partial charge on any atom is 0.0285 e. The molecule has 2 unspecified atom stereocenters. The summed E-state index contributed by atoms with van der Waals surface area (Å²) in [5.74, 6) is 6.73. The summed E-state index contributed by atoms with van der Waals surface area (Å²) >= 11 is 0. The third-order valence-corrected chi connectivity index (χ3v) is 3.18. The fourth-order valence-corrected chi connectivity index (χ4v) is 2.48. The zero-order valence-corrected chi connectivity index (χ0v) is 7.63. The van der Waals surface area contributed by atoms with Crippen LogP contribution in [0.4, 0.5) is 0 Å². The van der Waals surface area contributed by atoms with E-state index in [0.717, 1.165) is 19.0 Å². The summed E-state index contributed by atoms with van der Waals surface area (Å²) in [7, 11) is 0. The van der Waals surface area contributed by atoms with Crippen LogP contribution in [-0.2, 0) is 0 Å². The average Bonchev–Trinajstić information content (AvgIpc) is 2.25. The first-order chi connectivity index (χ1) is 5.86. The van der Waals surface area contributed by atoms with Crippen LogP contribution in [0.2, 0.25) is 0 Å². The van der Waals surface area contributed by atoms with Gasteiger partial charge in [0.15, 0.2) is 0 Å². The van der Waals surface area contributed by atoms with Crippen LogP contribution in [0.3, 0.4) is 0 Å². The monoisotopic (exact) mass is 169 g/mol. The Morgan fingerprint density at radius 3 is 3.00 bits per heavy atom. The third-order valence-electron chi connectivity index (χ3n) is 3.18. The number of hydrogen-bond donors (Lipinski definition) is 2. The van der Waals surface area contributed by atoms with Crippen LogP contribution in [0.15, 0.2) is 0 Å². The van der Waals surface area contributed by atoms with Crippen LogP contribution in [0.1, 0.15) is 25.7 Å². The van der Waals surface area contributed by atoms with E-state index in [0.29, 0.717) is 6.04 Å². The van der Waals surface area contributed by atoms with Crippen molar-refractivity contribution in [2.24, 2.45) is 11.8 Å². The molecule has 0 aliphatic carbocycles. The summed E-state index contributed by atoms with van der Waals surface area (Å²) in [5, 5.41) is 5.54. The van der Waals surface area contributed by atoms with Crippen molar-refractivity contribution in [3.63, 3.8) is 0 Å². The predicted octanol–water partition coefficient (Wildman–Crippen LogP) is 0.324. The van der Waals surface area contributed by atoms with Crippen LogP contribution in [0.25, 0.3) is 0 Å². The van der Waals surface area contributed by atoms with Crippen LogP contribution < -0.4 is 11.2 Å². The SMILES string of the molecule is NN1CCCC2CCCNC2C1. The second-order valence-electron chi connectivity index (χ2n) is 4.10. The molecule has 0 radical (unpaired) electrons. The van der Waals surface area contributed by atoms with Crippen LogP contribution in [0.5, 0.6) is 0 Å². The van der Waals surface area contributed by atoms with Gasteiger partial charge in [-0.3, -0.25) is 5.84 Å². The van der Waals surface area contributed by atoms with Gasteiger partial charge in [0.05, 0.1) is 0 Å². The van der Waals surface area contributed by atoms with Gasteiger partial charge >= 0.3 is 0 Å². The molecule has 2 atom stereocenters. The minimum Gasteiger partial charge on any atom is -0.312 e. The molecule has 0 spiro atoms. The molecule has 2 saturated heterocycles. The lowest BCUT2D eigenvalue weighted by atomic mass is 9.88. The first-order valence-corrected chi connectivity index (χ1v) is 5.09. The van der Waals surface area contributed by atoms with E-state index in [4.69, 9.17) is 5.84 Å². The van der Waals surface area contributed by atoms with E-state index in [2.05, 4.69) is 5.32 Å². The quantitative estimate of drug-likeness (QED) is 0.513. The van der Waals surface area contributed by atoms with E-state index >= 15 is 0 Å². The molecule has 0 amide bonds. The van der Waals surface area contributed by atoms with Crippen molar-refractivity contribution in [3.8, 4) is 0 Å². The third kappa shape index (κ3) is 1.79. The van der Waals surface area contributed by atoms with Gasteiger partial charge in [0, 0.05) is 19.1 Å². The predicted molar refractivity (Wildman–Crippen MR) is 49.5 cm³/mol. The van der Waals surface area contributed by atoms with E-state index < -0.39 is 0 Å². The Bertz CT molecular complexity index is 149. The fourth-order valence-electron chi connectivity index (χ4n) is 2.48. The minimum absolute atomic E-state index is 0.672. The van der Waals surface area contributed by atoms with E-state index in [1.807, 2.05) is 5.01 Å². The van der Waals surface area contributed by atoms with E-state index in [9.17, 15) is 0 Å². The Hall–Kier alpha value is -0.120. The van der Waals surface area contributed by atoms with Gasteiger partial charge < -0.3 is 5.32 Å². The van der Waals surface area contributed by atoms with Crippen molar-refractivity contribution >= 4 is 0 Å². The Labute approximate surface area is 74.3 Å². The molecular formula is C9H19N3. The van der Waals surface area contributed by atoms with Crippen LogP contribution in [0, 0.1) is 5.92 Å². The zero-order chi connectivity index (χ0) is 8.39. The van der Waals surface area contributed by atoms with Crippen molar-refractivity contribution < 1.29 is 0 Å². The second kappa shape index (κ2) is 3.73. The van der Waals surface area contributed by atoms with Crippen LogP contribution in [-0.4, -0.2) is 30.7 Å². The maximum atomic E-state index is 5.84. The standard InChI is InChI=1S/C9H19N3/c10-12-6-2-4-8-3-1-5-11-9(8)7-12/h8-9,11H,1-7,10H2. The molecule has 0 aromatic carbocycles. The molecule has 3 heteroatoms. The Morgan fingerprint density at radius 1 is 1.25 bits per heavy atom. The highest BCUT2D eigenvalue weighted by atomic mass is 15.4. The van der Waals surface area contributed by atoms with Gasteiger partial charge in [-0.05, 0) is 38.1 Å². The Kier molecular flexibility index (Phi) is 2.63. The number of nitrogens with one attached hydrogen (secondary N) is 1. The molecule has 2 heterocycles. The van der Waals surface area contributed by atoms with Gasteiger partial charge in [0.1, 0.15) is 0 Å². The highest BCUT2D eigenvalue weighted by molar-refractivity contribution is 4.85. The van der Waals surface area contributed by atoms with E-state index in [1.165, 1.54) is 32.2 Å². The fraction of sp³-hybridized carbons (Fsp3) is 1.00. The van der Waals surface area contributed by atoms with Crippen LogP contribution >= 0.6 is 0 Å². The Morgan fingerprint density at radius 2 is 2.08 bits per heavy atom. The summed E-state index contributed by atoms with van der Waals surface area (Å²) in [5.41, 5.74) is 0. The van der Waals surface area contributed by atoms with Crippen molar-refractivity contribution in [1.29, 1.82) is 0 Å². The summed E-state index contributed by atoms with van der Waals surface area (Å²) in [6, 6.07) is 0.672.